The fourth-order valence-corrected chi connectivity index (χ4v) is 2.68. The Labute approximate surface area is 106 Å². The molecule has 0 aliphatic heterocycles. The van der Waals surface area contributed by atoms with Crippen molar-refractivity contribution < 1.29 is 9.59 Å². The molecule has 2 aromatic rings. The average molecular weight is 238 g/mol. The number of Topliss-reactive ketones (excluding diaryl/α,β-unsaturated/α-hetero) is 2. The molecule has 3 rings (SSSR count). The van der Waals surface area contributed by atoms with Crippen molar-refractivity contribution in [2.24, 2.45) is 0 Å². The van der Waals surface area contributed by atoms with Crippen LogP contribution in [0.5, 0.6) is 0 Å². The van der Waals surface area contributed by atoms with Gasteiger partial charge in [-0.3, -0.25) is 9.59 Å². The van der Waals surface area contributed by atoms with Crippen molar-refractivity contribution in [3.8, 4) is 0 Å². The lowest BCUT2D eigenvalue weighted by Gasteiger charge is -2.20. The number of hydrogen-bond acceptors (Lipinski definition) is 2. The van der Waals surface area contributed by atoms with Crippen LogP contribution in [0.2, 0.25) is 0 Å². The number of carbonyl (C=O) groups excluding carboxylic acids is 2. The Kier molecular flexibility index (Phi) is 2.71. The van der Waals surface area contributed by atoms with E-state index in [1.807, 2.05) is 18.2 Å². The molecule has 2 aromatic carbocycles. The van der Waals surface area contributed by atoms with Gasteiger partial charge in [-0.1, -0.05) is 42.5 Å². The predicted octanol–water partition coefficient (Wildman–Crippen LogP) is 3.25. The maximum atomic E-state index is 11.5. The molecular weight excluding hydrogens is 224 g/mol. The number of hydrogen-bond donors (Lipinski definition) is 0. The van der Waals surface area contributed by atoms with E-state index in [0.29, 0.717) is 12.8 Å². The molecule has 0 N–H and O–H groups in total. The molecule has 0 aromatic heterocycles. The van der Waals surface area contributed by atoms with Gasteiger partial charge in [0, 0.05) is 12.8 Å². The summed E-state index contributed by atoms with van der Waals surface area (Å²) in [5.41, 5.74) is 1.11. The SMILES string of the molecule is O=C1CC(=O)CC(c2ccc3ccccc3c2)C1. The molecule has 0 bridgehead atoms. The van der Waals surface area contributed by atoms with Crippen LogP contribution in [0.1, 0.15) is 30.7 Å². The molecule has 0 spiro atoms. The summed E-state index contributed by atoms with van der Waals surface area (Å²) < 4.78 is 0. The minimum absolute atomic E-state index is 0.0726. The molecule has 0 atom stereocenters. The van der Waals surface area contributed by atoms with E-state index in [0.717, 1.165) is 5.56 Å². The van der Waals surface area contributed by atoms with Gasteiger partial charge in [0.1, 0.15) is 11.6 Å². The highest BCUT2D eigenvalue weighted by atomic mass is 16.1. The van der Waals surface area contributed by atoms with Crippen LogP contribution in [0.15, 0.2) is 42.5 Å². The first kappa shape index (κ1) is 11.1. The van der Waals surface area contributed by atoms with Gasteiger partial charge in [-0.25, -0.2) is 0 Å². The topological polar surface area (TPSA) is 34.1 Å². The molecule has 90 valence electrons. The van der Waals surface area contributed by atoms with Gasteiger partial charge in [-0.15, -0.1) is 0 Å². The summed E-state index contributed by atoms with van der Waals surface area (Å²) in [5, 5.41) is 2.36. The molecule has 0 amide bonds. The van der Waals surface area contributed by atoms with Gasteiger partial charge in [0.15, 0.2) is 0 Å². The Morgan fingerprint density at radius 3 is 2.22 bits per heavy atom. The first-order chi connectivity index (χ1) is 8.72. The Bertz CT molecular complexity index is 612. The van der Waals surface area contributed by atoms with Crippen molar-refractivity contribution in [2.45, 2.75) is 25.2 Å². The Morgan fingerprint density at radius 1 is 0.833 bits per heavy atom. The summed E-state index contributed by atoms with van der Waals surface area (Å²) in [6, 6.07) is 14.3. The van der Waals surface area contributed by atoms with E-state index in [2.05, 4.69) is 24.3 Å². The molecule has 0 unspecified atom stereocenters. The Balaban J connectivity index is 1.98. The largest absolute Gasteiger partial charge is 0.299 e. The zero-order valence-electron chi connectivity index (χ0n) is 10.1. The molecule has 0 radical (unpaired) electrons. The van der Waals surface area contributed by atoms with Crippen molar-refractivity contribution in [1.82, 2.24) is 0 Å². The van der Waals surface area contributed by atoms with Crippen LogP contribution in [0.3, 0.4) is 0 Å². The number of fused-ring (bicyclic) bond motifs is 1. The second kappa shape index (κ2) is 4.37. The molecule has 1 fully saturated rings. The van der Waals surface area contributed by atoms with E-state index < -0.39 is 0 Å². The zero-order valence-corrected chi connectivity index (χ0v) is 10.1. The molecule has 1 aliphatic rings. The molecule has 0 saturated heterocycles. The normalized spacial score (nSPS) is 17.3. The van der Waals surface area contributed by atoms with E-state index in [1.54, 1.807) is 0 Å². The maximum absolute atomic E-state index is 11.5. The molecule has 2 heteroatoms. The molecule has 18 heavy (non-hydrogen) atoms. The summed E-state index contributed by atoms with van der Waals surface area (Å²) in [4.78, 5) is 23.0. The van der Waals surface area contributed by atoms with Crippen LogP contribution in [0, 0.1) is 0 Å². The third kappa shape index (κ3) is 2.06. The average Bonchev–Trinajstić information content (AvgIpc) is 2.37. The molecule has 1 aliphatic carbocycles. The highest BCUT2D eigenvalue weighted by Gasteiger charge is 2.26. The van der Waals surface area contributed by atoms with Crippen LogP contribution >= 0.6 is 0 Å². The highest BCUT2D eigenvalue weighted by molar-refractivity contribution is 6.02. The van der Waals surface area contributed by atoms with Crippen LogP contribution in [-0.2, 0) is 9.59 Å². The fraction of sp³-hybridized carbons (Fsp3) is 0.250. The van der Waals surface area contributed by atoms with Gasteiger partial charge in [0.05, 0.1) is 6.42 Å². The van der Waals surface area contributed by atoms with Crippen molar-refractivity contribution in [3.05, 3.63) is 48.0 Å². The van der Waals surface area contributed by atoms with E-state index in [-0.39, 0.29) is 23.9 Å². The molecule has 1 saturated carbocycles. The first-order valence-corrected chi connectivity index (χ1v) is 6.24. The Morgan fingerprint density at radius 2 is 1.50 bits per heavy atom. The van der Waals surface area contributed by atoms with E-state index in [1.165, 1.54) is 10.8 Å². The lowest BCUT2D eigenvalue weighted by atomic mass is 9.82. The minimum atomic E-state index is 0.0726. The van der Waals surface area contributed by atoms with Crippen molar-refractivity contribution in [2.75, 3.05) is 0 Å². The molecule has 2 nitrogen and oxygen atoms in total. The van der Waals surface area contributed by atoms with Gasteiger partial charge in [-0.2, -0.15) is 0 Å². The third-order valence-electron chi connectivity index (χ3n) is 3.59. The summed E-state index contributed by atoms with van der Waals surface area (Å²) in [6.45, 7) is 0. The number of benzene rings is 2. The third-order valence-corrected chi connectivity index (χ3v) is 3.59. The van der Waals surface area contributed by atoms with E-state index >= 15 is 0 Å². The number of carbonyl (C=O) groups is 2. The number of ketones is 2. The second-order valence-electron chi connectivity index (χ2n) is 4.97. The van der Waals surface area contributed by atoms with Gasteiger partial charge in [0.25, 0.3) is 0 Å². The molecular formula is C16H14O2. The van der Waals surface area contributed by atoms with Crippen molar-refractivity contribution in [3.63, 3.8) is 0 Å². The van der Waals surface area contributed by atoms with Crippen LogP contribution in [0.25, 0.3) is 10.8 Å². The quantitative estimate of drug-likeness (QED) is 0.715. The van der Waals surface area contributed by atoms with Crippen LogP contribution in [0.4, 0.5) is 0 Å². The maximum Gasteiger partial charge on any atom is 0.140 e. The van der Waals surface area contributed by atoms with Gasteiger partial charge in [0.2, 0.25) is 0 Å². The highest BCUT2D eigenvalue weighted by Crippen LogP contribution is 2.31. The second-order valence-corrected chi connectivity index (χ2v) is 4.97. The predicted molar refractivity (Wildman–Crippen MR) is 70.6 cm³/mol. The summed E-state index contributed by atoms with van der Waals surface area (Å²) in [7, 11) is 0. The van der Waals surface area contributed by atoms with Crippen molar-refractivity contribution >= 4 is 22.3 Å². The number of rotatable bonds is 1. The first-order valence-electron chi connectivity index (χ1n) is 6.24. The van der Waals surface area contributed by atoms with Gasteiger partial charge in [-0.05, 0) is 22.3 Å². The van der Waals surface area contributed by atoms with Gasteiger partial charge >= 0.3 is 0 Å². The van der Waals surface area contributed by atoms with Crippen molar-refractivity contribution in [1.29, 1.82) is 0 Å². The summed E-state index contributed by atoms with van der Waals surface area (Å²) in [6.07, 6.45) is 1.14. The Hall–Kier alpha value is -1.96. The van der Waals surface area contributed by atoms with Crippen LogP contribution < -0.4 is 0 Å². The smallest absolute Gasteiger partial charge is 0.140 e. The lowest BCUT2D eigenvalue weighted by Crippen LogP contribution is -2.21. The van der Waals surface area contributed by atoms with Gasteiger partial charge < -0.3 is 0 Å². The standard InChI is InChI=1S/C16H14O2/c17-15-8-14(9-16(18)10-15)13-6-5-11-3-1-2-4-12(11)7-13/h1-7,14H,8-10H2. The fourth-order valence-electron chi connectivity index (χ4n) is 2.68. The monoisotopic (exact) mass is 238 g/mol. The summed E-state index contributed by atoms with van der Waals surface area (Å²) >= 11 is 0. The molecule has 0 heterocycles. The van der Waals surface area contributed by atoms with E-state index in [9.17, 15) is 9.59 Å². The lowest BCUT2D eigenvalue weighted by molar-refractivity contribution is -0.130. The van der Waals surface area contributed by atoms with Crippen LogP contribution in [-0.4, -0.2) is 11.6 Å². The summed E-state index contributed by atoms with van der Waals surface area (Å²) in [5.74, 6) is 0.220. The van der Waals surface area contributed by atoms with E-state index in [4.69, 9.17) is 0 Å². The zero-order chi connectivity index (χ0) is 12.5. The minimum Gasteiger partial charge on any atom is -0.299 e.